The van der Waals surface area contributed by atoms with E-state index in [0.29, 0.717) is 26.2 Å². The Balaban J connectivity index is 1.88. The molecule has 0 atom stereocenters. The van der Waals surface area contributed by atoms with Crippen molar-refractivity contribution in [2.75, 3.05) is 26.2 Å². The number of piperazine rings is 1. The molecule has 19 heavy (non-hydrogen) atoms. The molecule has 0 N–H and O–H groups in total. The molecule has 2 rings (SSSR count). The molecule has 1 aliphatic rings. The smallest absolute Gasteiger partial charge is 0.252 e. The normalized spacial score (nSPS) is 15.2. The number of rotatable bonds is 2. The van der Waals surface area contributed by atoms with Gasteiger partial charge in [-0.1, -0.05) is 0 Å². The lowest BCUT2D eigenvalue weighted by Gasteiger charge is -2.34. The van der Waals surface area contributed by atoms with Crippen LogP contribution >= 0.6 is 0 Å². The molecule has 1 saturated heterocycles. The van der Waals surface area contributed by atoms with Crippen LogP contribution in [0.15, 0.2) is 6.33 Å². The highest BCUT2D eigenvalue weighted by molar-refractivity contribution is 5.77. The first-order valence-corrected chi connectivity index (χ1v) is 5.93. The lowest BCUT2D eigenvalue weighted by atomic mass is 10.3. The van der Waals surface area contributed by atoms with Gasteiger partial charge in [-0.3, -0.25) is 9.59 Å². The Bertz CT molecular complexity index is 524. The first kappa shape index (κ1) is 13.0. The second kappa shape index (κ2) is 5.48. The fourth-order valence-electron chi connectivity index (χ4n) is 1.93. The van der Waals surface area contributed by atoms with Crippen LogP contribution in [0, 0.1) is 11.3 Å². The third kappa shape index (κ3) is 3.07. The number of aromatic nitrogens is 3. The Morgan fingerprint density at radius 3 is 2.47 bits per heavy atom. The fraction of sp³-hybridized carbons (Fsp3) is 0.545. The summed E-state index contributed by atoms with van der Waals surface area (Å²) in [5.41, 5.74) is 0. The van der Waals surface area contributed by atoms with Gasteiger partial charge in [0.1, 0.15) is 18.9 Å². The van der Waals surface area contributed by atoms with Crippen LogP contribution in [-0.4, -0.2) is 62.6 Å². The third-order valence-electron chi connectivity index (χ3n) is 3.01. The van der Waals surface area contributed by atoms with Crippen LogP contribution in [0.4, 0.5) is 0 Å². The number of carbonyl (C=O) groups excluding carboxylic acids is 2. The molecular weight excluding hydrogens is 248 g/mol. The van der Waals surface area contributed by atoms with Crippen molar-refractivity contribution in [2.45, 2.75) is 13.5 Å². The Hall–Kier alpha value is -2.43. The molecule has 0 unspecified atom stereocenters. The van der Waals surface area contributed by atoms with Gasteiger partial charge in [0.2, 0.25) is 11.8 Å². The predicted octanol–water partition coefficient (Wildman–Crippen LogP) is -1.16. The highest BCUT2D eigenvalue weighted by Crippen LogP contribution is 2.03. The van der Waals surface area contributed by atoms with Crippen molar-refractivity contribution in [1.29, 1.82) is 5.26 Å². The maximum atomic E-state index is 12.0. The van der Waals surface area contributed by atoms with Gasteiger partial charge >= 0.3 is 0 Å². The summed E-state index contributed by atoms with van der Waals surface area (Å²) in [4.78, 5) is 30.3. The number of hydrogen-bond acceptors (Lipinski definition) is 5. The fourth-order valence-corrected chi connectivity index (χ4v) is 1.93. The van der Waals surface area contributed by atoms with E-state index < -0.39 is 0 Å². The van der Waals surface area contributed by atoms with E-state index in [9.17, 15) is 9.59 Å². The molecule has 2 heterocycles. The van der Waals surface area contributed by atoms with E-state index in [-0.39, 0.29) is 24.2 Å². The zero-order valence-corrected chi connectivity index (χ0v) is 10.6. The van der Waals surface area contributed by atoms with Crippen molar-refractivity contribution < 1.29 is 9.59 Å². The summed E-state index contributed by atoms with van der Waals surface area (Å²) < 4.78 is 1.35. The van der Waals surface area contributed by atoms with Gasteiger partial charge in [0.05, 0.1) is 0 Å². The molecule has 100 valence electrons. The van der Waals surface area contributed by atoms with Gasteiger partial charge < -0.3 is 9.80 Å². The Morgan fingerprint density at radius 2 is 1.95 bits per heavy atom. The maximum Gasteiger partial charge on any atom is 0.252 e. The van der Waals surface area contributed by atoms with Gasteiger partial charge in [-0.15, -0.1) is 5.10 Å². The van der Waals surface area contributed by atoms with E-state index >= 15 is 0 Å². The highest BCUT2D eigenvalue weighted by Gasteiger charge is 2.22. The second-order valence-corrected chi connectivity index (χ2v) is 4.26. The van der Waals surface area contributed by atoms with Crippen molar-refractivity contribution in [3.63, 3.8) is 0 Å². The topological polar surface area (TPSA) is 95.1 Å². The molecule has 0 spiro atoms. The van der Waals surface area contributed by atoms with Crippen LogP contribution in [-0.2, 0) is 16.1 Å². The molecule has 0 bridgehead atoms. The van der Waals surface area contributed by atoms with Crippen LogP contribution in [0.1, 0.15) is 12.7 Å². The monoisotopic (exact) mass is 262 g/mol. The van der Waals surface area contributed by atoms with Crippen LogP contribution in [0.2, 0.25) is 0 Å². The molecule has 0 aromatic carbocycles. The molecule has 0 radical (unpaired) electrons. The van der Waals surface area contributed by atoms with Crippen molar-refractivity contribution >= 4 is 11.8 Å². The summed E-state index contributed by atoms with van der Waals surface area (Å²) in [5, 5.41) is 12.4. The van der Waals surface area contributed by atoms with Crippen molar-refractivity contribution in [3.8, 4) is 6.07 Å². The molecule has 2 amide bonds. The Labute approximate surface area is 110 Å². The number of hydrogen-bond donors (Lipinski definition) is 0. The average Bonchev–Trinajstić information content (AvgIpc) is 2.86. The quantitative estimate of drug-likeness (QED) is 0.670. The molecule has 8 heteroatoms. The summed E-state index contributed by atoms with van der Waals surface area (Å²) >= 11 is 0. The van der Waals surface area contributed by atoms with Gasteiger partial charge in [-0.2, -0.15) is 5.26 Å². The Kier molecular flexibility index (Phi) is 3.75. The van der Waals surface area contributed by atoms with Gasteiger partial charge in [0.25, 0.3) is 5.82 Å². The van der Waals surface area contributed by atoms with Crippen molar-refractivity contribution in [2.24, 2.45) is 0 Å². The lowest BCUT2D eigenvalue weighted by molar-refractivity contribution is -0.138. The summed E-state index contributed by atoms with van der Waals surface area (Å²) in [7, 11) is 0. The minimum Gasteiger partial charge on any atom is -0.339 e. The summed E-state index contributed by atoms with van der Waals surface area (Å²) in [6.45, 7) is 3.76. The standard InChI is InChI=1S/C11H14N6O2/c1-9(18)15-2-4-16(5-3-15)11(19)7-17-8-13-10(6-12)14-17/h8H,2-5,7H2,1H3. The maximum absolute atomic E-state index is 12.0. The minimum absolute atomic E-state index is 0.0297. The van der Waals surface area contributed by atoms with Gasteiger partial charge in [-0.05, 0) is 0 Å². The molecule has 1 aliphatic heterocycles. The van der Waals surface area contributed by atoms with Crippen LogP contribution < -0.4 is 0 Å². The SMILES string of the molecule is CC(=O)N1CCN(C(=O)Cn2cnc(C#N)n2)CC1. The molecule has 0 aliphatic carbocycles. The molecule has 1 aromatic rings. The third-order valence-corrected chi connectivity index (χ3v) is 3.01. The molecule has 1 aromatic heterocycles. The molecule has 0 saturated carbocycles. The lowest BCUT2D eigenvalue weighted by Crippen LogP contribution is -2.50. The van der Waals surface area contributed by atoms with E-state index in [2.05, 4.69) is 10.1 Å². The Morgan fingerprint density at radius 1 is 1.32 bits per heavy atom. The highest BCUT2D eigenvalue weighted by atomic mass is 16.2. The van der Waals surface area contributed by atoms with Crippen molar-refractivity contribution in [1.82, 2.24) is 24.6 Å². The van der Waals surface area contributed by atoms with E-state index in [4.69, 9.17) is 5.26 Å². The van der Waals surface area contributed by atoms with E-state index in [1.807, 2.05) is 0 Å². The van der Waals surface area contributed by atoms with Crippen LogP contribution in [0.3, 0.4) is 0 Å². The van der Waals surface area contributed by atoms with Gasteiger partial charge in [-0.25, -0.2) is 9.67 Å². The summed E-state index contributed by atoms with van der Waals surface area (Å²) in [6.07, 6.45) is 1.36. The van der Waals surface area contributed by atoms with E-state index in [1.165, 1.54) is 17.9 Å². The molecule has 1 fully saturated rings. The average molecular weight is 262 g/mol. The van der Waals surface area contributed by atoms with Gasteiger partial charge in [0, 0.05) is 33.1 Å². The van der Waals surface area contributed by atoms with Gasteiger partial charge in [0.15, 0.2) is 0 Å². The number of nitrogens with zero attached hydrogens (tertiary/aromatic N) is 6. The van der Waals surface area contributed by atoms with E-state index in [1.54, 1.807) is 15.9 Å². The predicted molar refractivity (Wildman–Crippen MR) is 63.6 cm³/mol. The molecule has 8 nitrogen and oxygen atoms in total. The summed E-state index contributed by atoms with van der Waals surface area (Å²) in [5.74, 6) is -0.00571. The first-order valence-electron chi connectivity index (χ1n) is 5.93. The zero-order chi connectivity index (χ0) is 13.8. The largest absolute Gasteiger partial charge is 0.339 e. The zero-order valence-electron chi connectivity index (χ0n) is 10.6. The van der Waals surface area contributed by atoms with Crippen LogP contribution in [0.5, 0.6) is 0 Å². The molecular formula is C11H14N6O2. The van der Waals surface area contributed by atoms with Crippen LogP contribution in [0.25, 0.3) is 0 Å². The van der Waals surface area contributed by atoms with Crippen molar-refractivity contribution in [3.05, 3.63) is 12.2 Å². The number of amides is 2. The summed E-state index contributed by atoms with van der Waals surface area (Å²) in [6, 6.07) is 1.81. The van der Waals surface area contributed by atoms with E-state index in [0.717, 1.165) is 0 Å². The first-order chi connectivity index (χ1) is 9.10. The number of carbonyl (C=O) groups is 2. The minimum atomic E-state index is -0.0856. The second-order valence-electron chi connectivity index (χ2n) is 4.26. The number of nitriles is 1.